The lowest BCUT2D eigenvalue weighted by Crippen LogP contribution is -2.18. The van der Waals surface area contributed by atoms with Crippen molar-refractivity contribution in [3.05, 3.63) is 30.6 Å². The molecule has 0 fully saturated rings. The zero-order valence-corrected chi connectivity index (χ0v) is 17.1. The third kappa shape index (κ3) is 4.62. The fourth-order valence-corrected chi connectivity index (χ4v) is 2.90. The third-order valence-electron chi connectivity index (χ3n) is 4.42. The molecule has 1 aromatic carbocycles. The molecule has 29 heavy (non-hydrogen) atoms. The number of amides is 1. The Balaban J connectivity index is 1.92. The summed E-state index contributed by atoms with van der Waals surface area (Å²) in [6.45, 7) is 4.54. The standard InChI is InChI=1S/C20H26N6O3/c1-13(2)26-12-21-18-17(22-20(25(3)4)23-19(18)26)14-7-5-8-15(11-14)29-10-6-9-16(27)24-28/h5,7-8,11-13,28H,6,9-10H2,1-4H3,(H,24,27). The van der Waals surface area contributed by atoms with Crippen LogP contribution in [-0.2, 0) is 4.79 Å². The number of hydrogen-bond acceptors (Lipinski definition) is 7. The van der Waals surface area contributed by atoms with Crippen molar-refractivity contribution in [1.29, 1.82) is 0 Å². The van der Waals surface area contributed by atoms with Gasteiger partial charge in [0.05, 0.1) is 12.9 Å². The molecule has 0 spiro atoms. The van der Waals surface area contributed by atoms with Gasteiger partial charge in [-0.2, -0.15) is 4.98 Å². The summed E-state index contributed by atoms with van der Waals surface area (Å²) in [5, 5.41) is 8.53. The minimum absolute atomic E-state index is 0.196. The monoisotopic (exact) mass is 398 g/mol. The maximum Gasteiger partial charge on any atom is 0.243 e. The van der Waals surface area contributed by atoms with Gasteiger partial charge in [0, 0.05) is 32.1 Å². The van der Waals surface area contributed by atoms with E-state index in [-0.39, 0.29) is 12.5 Å². The van der Waals surface area contributed by atoms with Crippen LogP contribution in [0.4, 0.5) is 5.95 Å². The average molecular weight is 398 g/mol. The lowest BCUT2D eigenvalue weighted by Gasteiger charge is -2.14. The Morgan fingerprint density at radius 2 is 2.10 bits per heavy atom. The van der Waals surface area contributed by atoms with Gasteiger partial charge in [0.2, 0.25) is 11.9 Å². The number of nitrogens with zero attached hydrogens (tertiary/aromatic N) is 5. The minimum Gasteiger partial charge on any atom is -0.494 e. The molecule has 154 valence electrons. The summed E-state index contributed by atoms with van der Waals surface area (Å²) < 4.78 is 7.78. The number of nitrogens with one attached hydrogen (secondary N) is 1. The number of benzene rings is 1. The van der Waals surface area contributed by atoms with E-state index in [1.165, 1.54) is 0 Å². The maximum absolute atomic E-state index is 11.1. The number of imidazole rings is 1. The number of aromatic nitrogens is 4. The minimum atomic E-state index is -0.428. The predicted molar refractivity (Wildman–Crippen MR) is 110 cm³/mol. The summed E-state index contributed by atoms with van der Waals surface area (Å²) >= 11 is 0. The second-order valence-electron chi connectivity index (χ2n) is 7.20. The topological polar surface area (TPSA) is 105 Å². The summed E-state index contributed by atoms with van der Waals surface area (Å²) in [5.74, 6) is 0.854. The van der Waals surface area contributed by atoms with Gasteiger partial charge in [-0.1, -0.05) is 12.1 Å². The van der Waals surface area contributed by atoms with Gasteiger partial charge in [0.25, 0.3) is 0 Å². The molecule has 2 aromatic heterocycles. The Bertz CT molecular complexity index is 999. The SMILES string of the molecule is CC(C)n1cnc2c(-c3cccc(OCCCC(=O)NO)c3)nc(N(C)C)nc21. The van der Waals surface area contributed by atoms with Crippen molar-refractivity contribution in [2.45, 2.75) is 32.7 Å². The van der Waals surface area contributed by atoms with E-state index in [0.29, 0.717) is 24.7 Å². The Labute approximate surface area is 169 Å². The second kappa shape index (κ2) is 8.87. The molecule has 9 nitrogen and oxygen atoms in total. The molecule has 0 saturated heterocycles. The Morgan fingerprint density at radius 3 is 2.79 bits per heavy atom. The van der Waals surface area contributed by atoms with Crippen molar-refractivity contribution in [2.75, 3.05) is 25.6 Å². The molecule has 0 unspecified atom stereocenters. The largest absolute Gasteiger partial charge is 0.494 e. The van der Waals surface area contributed by atoms with Gasteiger partial charge in [0.1, 0.15) is 17.0 Å². The van der Waals surface area contributed by atoms with E-state index < -0.39 is 5.91 Å². The van der Waals surface area contributed by atoms with E-state index in [9.17, 15) is 4.79 Å². The highest BCUT2D eigenvalue weighted by Crippen LogP contribution is 2.30. The molecule has 2 heterocycles. The van der Waals surface area contributed by atoms with Crippen molar-refractivity contribution in [2.24, 2.45) is 0 Å². The summed E-state index contributed by atoms with van der Waals surface area (Å²) in [6.07, 6.45) is 2.49. The number of hydrogen-bond donors (Lipinski definition) is 2. The predicted octanol–water partition coefficient (Wildman–Crippen LogP) is 2.80. The second-order valence-corrected chi connectivity index (χ2v) is 7.20. The lowest BCUT2D eigenvalue weighted by atomic mass is 10.1. The fourth-order valence-electron chi connectivity index (χ4n) is 2.90. The van der Waals surface area contributed by atoms with Crippen LogP contribution in [0.15, 0.2) is 30.6 Å². The van der Waals surface area contributed by atoms with Crippen LogP contribution in [0.25, 0.3) is 22.4 Å². The average Bonchev–Trinajstić information content (AvgIpc) is 3.14. The quantitative estimate of drug-likeness (QED) is 0.341. The zero-order valence-electron chi connectivity index (χ0n) is 17.1. The summed E-state index contributed by atoms with van der Waals surface area (Å²) in [7, 11) is 3.81. The highest BCUT2D eigenvalue weighted by molar-refractivity contribution is 5.88. The van der Waals surface area contributed by atoms with Crippen molar-refractivity contribution in [1.82, 2.24) is 25.0 Å². The molecular formula is C20H26N6O3. The van der Waals surface area contributed by atoms with Gasteiger partial charge >= 0.3 is 0 Å². The maximum atomic E-state index is 11.1. The Hall–Kier alpha value is -3.20. The first-order valence-electron chi connectivity index (χ1n) is 9.48. The van der Waals surface area contributed by atoms with E-state index in [4.69, 9.17) is 14.9 Å². The zero-order chi connectivity index (χ0) is 21.0. The Kier molecular flexibility index (Phi) is 6.28. The van der Waals surface area contributed by atoms with E-state index in [0.717, 1.165) is 22.4 Å². The van der Waals surface area contributed by atoms with Crippen LogP contribution in [0.5, 0.6) is 5.75 Å². The number of fused-ring (bicyclic) bond motifs is 1. The molecule has 0 bridgehead atoms. The highest BCUT2D eigenvalue weighted by Gasteiger charge is 2.17. The number of rotatable bonds is 8. The first-order chi connectivity index (χ1) is 13.9. The number of anilines is 1. The van der Waals surface area contributed by atoms with E-state index in [2.05, 4.69) is 23.8 Å². The molecular weight excluding hydrogens is 372 g/mol. The van der Waals surface area contributed by atoms with Gasteiger partial charge in [-0.3, -0.25) is 10.0 Å². The molecule has 0 aliphatic carbocycles. The number of carbonyl (C=O) groups excluding carboxylic acids is 1. The summed E-state index contributed by atoms with van der Waals surface area (Å²) in [5.41, 5.74) is 4.75. The molecule has 0 aliphatic rings. The van der Waals surface area contributed by atoms with Gasteiger partial charge in [-0.25, -0.2) is 15.4 Å². The van der Waals surface area contributed by atoms with Gasteiger partial charge in [-0.15, -0.1) is 0 Å². The van der Waals surface area contributed by atoms with Crippen LogP contribution in [-0.4, -0.2) is 51.3 Å². The van der Waals surface area contributed by atoms with Crippen LogP contribution in [0.1, 0.15) is 32.7 Å². The van der Waals surface area contributed by atoms with Gasteiger partial charge in [0.15, 0.2) is 5.65 Å². The van der Waals surface area contributed by atoms with Crippen molar-refractivity contribution in [3.8, 4) is 17.0 Å². The van der Waals surface area contributed by atoms with Crippen LogP contribution < -0.4 is 15.1 Å². The van der Waals surface area contributed by atoms with E-state index in [1.54, 1.807) is 11.8 Å². The number of hydroxylamine groups is 1. The smallest absolute Gasteiger partial charge is 0.243 e. The lowest BCUT2D eigenvalue weighted by molar-refractivity contribution is -0.129. The highest BCUT2D eigenvalue weighted by atomic mass is 16.5. The van der Waals surface area contributed by atoms with Gasteiger partial charge in [-0.05, 0) is 32.4 Å². The van der Waals surface area contributed by atoms with Crippen LogP contribution in [0, 0.1) is 0 Å². The molecule has 2 N–H and O–H groups in total. The molecule has 3 rings (SSSR count). The summed E-state index contributed by atoms with van der Waals surface area (Å²) in [6, 6.07) is 7.84. The molecule has 1 amide bonds. The van der Waals surface area contributed by atoms with E-state index in [1.807, 2.05) is 47.8 Å². The molecule has 0 saturated carbocycles. The molecule has 0 aliphatic heterocycles. The summed E-state index contributed by atoms with van der Waals surface area (Å²) in [4.78, 5) is 26.9. The first-order valence-corrected chi connectivity index (χ1v) is 9.48. The van der Waals surface area contributed by atoms with Gasteiger partial charge < -0.3 is 14.2 Å². The van der Waals surface area contributed by atoms with Crippen LogP contribution in [0.3, 0.4) is 0 Å². The normalized spacial score (nSPS) is 11.1. The third-order valence-corrected chi connectivity index (χ3v) is 4.42. The fraction of sp³-hybridized carbons (Fsp3) is 0.400. The first kappa shape index (κ1) is 20.5. The van der Waals surface area contributed by atoms with Crippen molar-refractivity contribution in [3.63, 3.8) is 0 Å². The Morgan fingerprint density at radius 1 is 1.31 bits per heavy atom. The van der Waals surface area contributed by atoms with E-state index >= 15 is 0 Å². The van der Waals surface area contributed by atoms with Crippen LogP contribution in [0.2, 0.25) is 0 Å². The molecule has 0 atom stereocenters. The number of carbonyl (C=O) groups is 1. The molecule has 9 heteroatoms. The van der Waals surface area contributed by atoms with Crippen molar-refractivity contribution < 1.29 is 14.7 Å². The van der Waals surface area contributed by atoms with Crippen molar-refractivity contribution >= 4 is 23.0 Å². The van der Waals surface area contributed by atoms with Crippen LogP contribution >= 0.6 is 0 Å². The number of ether oxygens (including phenoxy) is 1. The molecule has 3 aromatic rings. The molecule has 0 radical (unpaired) electrons.